The molecule has 1 aromatic heterocycles. The number of hydrogen-bond donors (Lipinski definition) is 0. The summed E-state index contributed by atoms with van der Waals surface area (Å²) in [6.07, 6.45) is 0. The molecule has 3 nitrogen and oxygen atoms in total. The van der Waals surface area contributed by atoms with Gasteiger partial charge in [0.2, 0.25) is 0 Å². The molecule has 4 aromatic carbocycles. The van der Waals surface area contributed by atoms with Crippen molar-refractivity contribution in [3.63, 3.8) is 0 Å². The summed E-state index contributed by atoms with van der Waals surface area (Å²) in [6.45, 7) is 0. The van der Waals surface area contributed by atoms with Crippen molar-refractivity contribution in [3.8, 4) is 11.5 Å². The maximum Gasteiger partial charge on any atom is 0.144 e. The minimum absolute atomic E-state index is 0.719. The fourth-order valence-corrected chi connectivity index (χ4v) is 3.74. The standard InChI is InChI=1S/C22H16O3/c1-23-13-11-18(24-2)21-19(12-13)25-22-17-10-6-4-8-15(17)14-7-3-5-9-16(14)20(21)22/h3-12H,1-2H3. The molecule has 5 aromatic rings. The molecule has 0 saturated heterocycles. The van der Waals surface area contributed by atoms with Crippen molar-refractivity contribution in [1.82, 2.24) is 0 Å². The number of furan rings is 1. The molecule has 0 aliphatic carbocycles. The van der Waals surface area contributed by atoms with E-state index in [0.29, 0.717) is 0 Å². The van der Waals surface area contributed by atoms with E-state index in [9.17, 15) is 0 Å². The molecule has 0 aliphatic heterocycles. The van der Waals surface area contributed by atoms with Crippen molar-refractivity contribution in [1.29, 1.82) is 0 Å². The van der Waals surface area contributed by atoms with Crippen LogP contribution in [0.3, 0.4) is 0 Å². The van der Waals surface area contributed by atoms with E-state index in [1.165, 1.54) is 16.2 Å². The molecule has 0 aliphatic rings. The van der Waals surface area contributed by atoms with Gasteiger partial charge in [-0.15, -0.1) is 0 Å². The zero-order valence-corrected chi connectivity index (χ0v) is 14.0. The van der Waals surface area contributed by atoms with E-state index in [0.717, 1.165) is 38.8 Å². The van der Waals surface area contributed by atoms with Crippen molar-refractivity contribution >= 4 is 43.5 Å². The van der Waals surface area contributed by atoms with E-state index in [-0.39, 0.29) is 0 Å². The number of hydrogen-bond acceptors (Lipinski definition) is 3. The van der Waals surface area contributed by atoms with Gasteiger partial charge in [-0.25, -0.2) is 0 Å². The number of benzene rings is 4. The van der Waals surface area contributed by atoms with Crippen LogP contribution in [0.15, 0.2) is 65.1 Å². The fourth-order valence-electron chi connectivity index (χ4n) is 3.74. The Morgan fingerprint density at radius 3 is 2.00 bits per heavy atom. The first kappa shape index (κ1) is 14.2. The van der Waals surface area contributed by atoms with Gasteiger partial charge in [-0.1, -0.05) is 48.5 Å². The molecule has 3 heteroatoms. The highest BCUT2D eigenvalue weighted by molar-refractivity contribution is 6.31. The molecule has 0 bridgehead atoms. The summed E-state index contributed by atoms with van der Waals surface area (Å²) in [6, 6.07) is 20.6. The van der Waals surface area contributed by atoms with Crippen molar-refractivity contribution in [3.05, 3.63) is 60.7 Å². The number of methoxy groups -OCH3 is 2. The lowest BCUT2D eigenvalue weighted by Crippen LogP contribution is -1.87. The molecule has 0 spiro atoms. The Labute approximate surface area is 144 Å². The molecule has 0 fully saturated rings. The maximum atomic E-state index is 6.30. The third-order valence-corrected chi connectivity index (χ3v) is 4.84. The van der Waals surface area contributed by atoms with Gasteiger partial charge >= 0.3 is 0 Å². The molecule has 122 valence electrons. The second kappa shape index (κ2) is 5.15. The average Bonchev–Trinajstić information content (AvgIpc) is 3.07. The van der Waals surface area contributed by atoms with Gasteiger partial charge in [-0.2, -0.15) is 0 Å². The first-order chi connectivity index (χ1) is 12.3. The topological polar surface area (TPSA) is 31.6 Å². The SMILES string of the molecule is COc1cc(OC)c2c(c1)oc1c3ccccc3c3ccccc3c12. The Bertz CT molecular complexity index is 1260. The average molecular weight is 328 g/mol. The van der Waals surface area contributed by atoms with Gasteiger partial charge in [-0.05, 0) is 16.2 Å². The van der Waals surface area contributed by atoms with Gasteiger partial charge in [0.15, 0.2) is 0 Å². The van der Waals surface area contributed by atoms with Crippen LogP contribution in [0.25, 0.3) is 43.5 Å². The van der Waals surface area contributed by atoms with Gasteiger partial charge in [0.05, 0.1) is 19.6 Å². The van der Waals surface area contributed by atoms with E-state index >= 15 is 0 Å². The molecule has 0 unspecified atom stereocenters. The summed E-state index contributed by atoms with van der Waals surface area (Å²) >= 11 is 0. The van der Waals surface area contributed by atoms with Gasteiger partial charge in [0, 0.05) is 22.9 Å². The maximum absolute atomic E-state index is 6.30. The molecule has 0 saturated carbocycles. The Balaban J connectivity index is 2.14. The summed E-state index contributed by atoms with van der Waals surface area (Å²) < 4.78 is 17.4. The first-order valence-corrected chi connectivity index (χ1v) is 8.19. The second-order valence-electron chi connectivity index (χ2n) is 6.10. The van der Waals surface area contributed by atoms with Gasteiger partial charge in [0.25, 0.3) is 0 Å². The highest BCUT2D eigenvalue weighted by Gasteiger charge is 2.19. The van der Waals surface area contributed by atoms with Crippen LogP contribution >= 0.6 is 0 Å². The summed E-state index contributed by atoms with van der Waals surface area (Å²) in [7, 11) is 3.32. The Morgan fingerprint density at radius 2 is 1.32 bits per heavy atom. The van der Waals surface area contributed by atoms with Crippen molar-refractivity contribution in [2.45, 2.75) is 0 Å². The van der Waals surface area contributed by atoms with Crippen LogP contribution in [0.2, 0.25) is 0 Å². The van der Waals surface area contributed by atoms with E-state index in [4.69, 9.17) is 13.9 Å². The van der Waals surface area contributed by atoms with Crippen LogP contribution < -0.4 is 9.47 Å². The lowest BCUT2D eigenvalue weighted by molar-refractivity contribution is 0.397. The van der Waals surface area contributed by atoms with Crippen molar-refractivity contribution in [2.24, 2.45) is 0 Å². The summed E-state index contributed by atoms with van der Waals surface area (Å²) in [4.78, 5) is 0. The summed E-state index contributed by atoms with van der Waals surface area (Å²) in [5, 5.41) is 6.75. The third kappa shape index (κ3) is 1.86. The Kier molecular flexibility index (Phi) is 2.92. The number of rotatable bonds is 2. The van der Waals surface area contributed by atoms with Crippen LogP contribution in [0.4, 0.5) is 0 Å². The van der Waals surface area contributed by atoms with Crippen LogP contribution in [0.1, 0.15) is 0 Å². The molecule has 5 rings (SSSR count). The van der Waals surface area contributed by atoms with Crippen LogP contribution in [-0.2, 0) is 0 Å². The third-order valence-electron chi connectivity index (χ3n) is 4.84. The van der Waals surface area contributed by atoms with E-state index in [1.54, 1.807) is 14.2 Å². The second-order valence-corrected chi connectivity index (χ2v) is 6.10. The minimum Gasteiger partial charge on any atom is -0.496 e. The summed E-state index contributed by atoms with van der Waals surface area (Å²) in [5.41, 5.74) is 1.66. The lowest BCUT2D eigenvalue weighted by atomic mass is 9.97. The molecular weight excluding hydrogens is 312 g/mol. The molecule has 0 radical (unpaired) electrons. The molecule has 0 atom stereocenters. The predicted molar refractivity (Wildman–Crippen MR) is 102 cm³/mol. The number of ether oxygens (including phenoxy) is 2. The first-order valence-electron chi connectivity index (χ1n) is 8.19. The fraction of sp³-hybridized carbons (Fsp3) is 0.0909. The monoisotopic (exact) mass is 328 g/mol. The highest BCUT2D eigenvalue weighted by Crippen LogP contribution is 2.45. The van der Waals surface area contributed by atoms with E-state index in [2.05, 4.69) is 42.5 Å². The van der Waals surface area contributed by atoms with Gasteiger partial charge in [0.1, 0.15) is 22.7 Å². The van der Waals surface area contributed by atoms with E-state index < -0.39 is 0 Å². The smallest absolute Gasteiger partial charge is 0.144 e. The molecule has 25 heavy (non-hydrogen) atoms. The van der Waals surface area contributed by atoms with Crippen LogP contribution in [0.5, 0.6) is 11.5 Å². The largest absolute Gasteiger partial charge is 0.496 e. The summed E-state index contributed by atoms with van der Waals surface area (Å²) in [5.74, 6) is 1.48. The number of fused-ring (bicyclic) bond motifs is 8. The quantitative estimate of drug-likeness (QED) is 0.378. The minimum atomic E-state index is 0.719. The highest BCUT2D eigenvalue weighted by atomic mass is 16.5. The lowest BCUT2D eigenvalue weighted by Gasteiger charge is -2.07. The predicted octanol–water partition coefficient (Wildman–Crippen LogP) is 5.91. The Hall–Kier alpha value is -3.20. The van der Waals surface area contributed by atoms with Gasteiger partial charge in [-0.3, -0.25) is 0 Å². The van der Waals surface area contributed by atoms with Crippen LogP contribution in [0, 0.1) is 0 Å². The zero-order chi connectivity index (χ0) is 17.0. The zero-order valence-electron chi connectivity index (χ0n) is 14.0. The van der Waals surface area contributed by atoms with Gasteiger partial charge < -0.3 is 13.9 Å². The van der Waals surface area contributed by atoms with Crippen LogP contribution in [-0.4, -0.2) is 14.2 Å². The van der Waals surface area contributed by atoms with E-state index in [1.807, 2.05) is 18.2 Å². The normalized spacial score (nSPS) is 11.6. The molecule has 1 heterocycles. The molecular formula is C22H16O3. The van der Waals surface area contributed by atoms with Crippen molar-refractivity contribution in [2.75, 3.05) is 14.2 Å². The molecule has 0 N–H and O–H groups in total. The Morgan fingerprint density at radius 1 is 0.680 bits per heavy atom. The van der Waals surface area contributed by atoms with Crippen molar-refractivity contribution < 1.29 is 13.9 Å². The molecule has 0 amide bonds.